The number of nitrogens with one attached hydrogen (secondary N) is 2. The maximum Gasteiger partial charge on any atom is 0.318 e. The number of benzene rings is 2. The van der Waals surface area contributed by atoms with Crippen LogP contribution < -0.4 is 20.1 Å². The van der Waals surface area contributed by atoms with E-state index in [9.17, 15) is 29.8 Å². The number of rotatable bonds is 6. The zero-order valence-electron chi connectivity index (χ0n) is 15.9. The molecular formula is C18H11ClN4O8S. The molecule has 12 nitrogen and oxygen atoms in total. The van der Waals surface area contributed by atoms with E-state index in [1.54, 1.807) is 0 Å². The van der Waals surface area contributed by atoms with Gasteiger partial charge in [-0.05, 0) is 42.1 Å². The number of non-ortho nitro benzene ring substituents is 1. The number of nitro groups is 2. The van der Waals surface area contributed by atoms with Gasteiger partial charge in [-0.3, -0.25) is 40.5 Å². The summed E-state index contributed by atoms with van der Waals surface area (Å²) in [5.74, 6) is -1.84. The summed E-state index contributed by atoms with van der Waals surface area (Å²) < 4.78 is 10.8. The summed E-state index contributed by atoms with van der Waals surface area (Å²) >= 11 is 11.0. The second-order valence-electron chi connectivity index (χ2n) is 6.10. The van der Waals surface area contributed by atoms with Crippen molar-refractivity contribution in [3.63, 3.8) is 0 Å². The third-order valence-electron chi connectivity index (χ3n) is 4.07. The lowest BCUT2D eigenvalue weighted by atomic mass is 10.1. The third-order valence-corrected chi connectivity index (χ3v) is 4.55. The van der Waals surface area contributed by atoms with Gasteiger partial charge in [-0.15, -0.1) is 0 Å². The van der Waals surface area contributed by atoms with Gasteiger partial charge >= 0.3 is 5.69 Å². The molecule has 32 heavy (non-hydrogen) atoms. The van der Waals surface area contributed by atoms with E-state index in [1.165, 1.54) is 25.3 Å². The van der Waals surface area contributed by atoms with Crippen LogP contribution in [0.1, 0.15) is 5.56 Å². The number of nitro benzene ring substituents is 2. The van der Waals surface area contributed by atoms with Gasteiger partial charge in [0.15, 0.2) is 16.6 Å². The fourth-order valence-electron chi connectivity index (χ4n) is 2.65. The van der Waals surface area contributed by atoms with Crippen LogP contribution in [0.5, 0.6) is 17.2 Å². The molecule has 0 radical (unpaired) electrons. The van der Waals surface area contributed by atoms with Crippen LogP contribution in [0, 0.1) is 20.2 Å². The number of thiocarbonyl (C=S) groups is 1. The Bertz CT molecular complexity index is 1210. The molecule has 0 unspecified atom stereocenters. The van der Waals surface area contributed by atoms with Gasteiger partial charge in [0, 0.05) is 6.07 Å². The van der Waals surface area contributed by atoms with E-state index < -0.39 is 33.0 Å². The maximum absolute atomic E-state index is 12.0. The van der Waals surface area contributed by atoms with Gasteiger partial charge in [-0.2, -0.15) is 0 Å². The van der Waals surface area contributed by atoms with Crippen molar-refractivity contribution in [2.45, 2.75) is 0 Å². The first kappa shape index (κ1) is 22.6. The number of methoxy groups -OCH3 is 1. The van der Waals surface area contributed by atoms with E-state index in [0.717, 1.165) is 18.2 Å². The Morgan fingerprint density at radius 3 is 2.25 bits per heavy atom. The Labute approximate surface area is 189 Å². The molecule has 0 saturated carbocycles. The van der Waals surface area contributed by atoms with E-state index in [2.05, 4.69) is 10.6 Å². The summed E-state index contributed by atoms with van der Waals surface area (Å²) in [6.07, 6.45) is 1.24. The van der Waals surface area contributed by atoms with Crippen LogP contribution in [0.25, 0.3) is 6.08 Å². The zero-order chi connectivity index (χ0) is 23.6. The van der Waals surface area contributed by atoms with Gasteiger partial charge < -0.3 is 9.47 Å². The minimum Gasteiger partial charge on any atom is -0.493 e. The number of hydrogen-bond donors (Lipinski definition) is 2. The highest BCUT2D eigenvalue weighted by atomic mass is 35.5. The van der Waals surface area contributed by atoms with Crippen LogP contribution in [0.4, 0.5) is 11.4 Å². The highest BCUT2D eigenvalue weighted by Crippen LogP contribution is 2.43. The van der Waals surface area contributed by atoms with Crippen molar-refractivity contribution >= 4 is 58.2 Å². The van der Waals surface area contributed by atoms with Crippen molar-refractivity contribution in [3.05, 3.63) is 66.7 Å². The van der Waals surface area contributed by atoms with Crippen molar-refractivity contribution in [2.24, 2.45) is 0 Å². The summed E-state index contributed by atoms with van der Waals surface area (Å²) in [5, 5.41) is 26.6. The average molecular weight is 479 g/mol. The smallest absolute Gasteiger partial charge is 0.318 e. The van der Waals surface area contributed by atoms with Crippen molar-refractivity contribution in [3.8, 4) is 17.2 Å². The lowest BCUT2D eigenvalue weighted by Gasteiger charge is -2.17. The van der Waals surface area contributed by atoms with Gasteiger partial charge in [0.25, 0.3) is 17.5 Å². The first-order chi connectivity index (χ1) is 15.1. The second kappa shape index (κ2) is 8.95. The molecule has 1 aliphatic heterocycles. The van der Waals surface area contributed by atoms with Crippen LogP contribution in [0.3, 0.4) is 0 Å². The Morgan fingerprint density at radius 2 is 1.69 bits per heavy atom. The number of halogens is 1. The number of carbonyl (C=O) groups excluding carboxylic acids is 2. The predicted octanol–water partition coefficient (Wildman–Crippen LogP) is 2.87. The fraction of sp³-hybridized carbons (Fsp3) is 0.0556. The molecule has 2 amide bonds. The Kier molecular flexibility index (Phi) is 6.32. The summed E-state index contributed by atoms with van der Waals surface area (Å²) in [6, 6.07) is 5.54. The normalized spacial score (nSPS) is 13.2. The molecule has 0 spiro atoms. The number of amides is 2. The highest BCUT2D eigenvalue weighted by molar-refractivity contribution is 7.80. The highest BCUT2D eigenvalue weighted by Gasteiger charge is 2.27. The Balaban J connectivity index is 2.02. The van der Waals surface area contributed by atoms with Gasteiger partial charge in [-0.1, -0.05) is 11.6 Å². The molecule has 3 rings (SSSR count). The van der Waals surface area contributed by atoms with Crippen LogP contribution in [-0.2, 0) is 9.59 Å². The van der Waals surface area contributed by atoms with Crippen molar-refractivity contribution < 1.29 is 28.9 Å². The van der Waals surface area contributed by atoms with Gasteiger partial charge in [-0.25, -0.2) is 0 Å². The standard InChI is InChI=1S/C18H11ClN4O8S/c1-30-14-6-8(4-10-16(24)20-18(32)21-17(10)25)5-11(19)15(14)31-13-3-2-9(22(26)27)7-12(13)23(28)29/h2-7H,1H3,(H2,20,21,24,25,32). The Morgan fingerprint density at radius 1 is 1.03 bits per heavy atom. The lowest BCUT2D eigenvalue weighted by Crippen LogP contribution is -2.51. The molecule has 0 aromatic heterocycles. The molecule has 14 heteroatoms. The molecule has 1 fully saturated rings. The molecule has 1 aliphatic rings. The molecule has 1 heterocycles. The molecule has 2 N–H and O–H groups in total. The topological polar surface area (TPSA) is 163 Å². The molecule has 0 aliphatic carbocycles. The van der Waals surface area contributed by atoms with E-state index in [0.29, 0.717) is 0 Å². The molecule has 0 bridgehead atoms. The summed E-state index contributed by atoms with van der Waals surface area (Å²) in [7, 11) is 1.28. The Hall–Kier alpha value is -4.10. The summed E-state index contributed by atoms with van der Waals surface area (Å²) in [5.41, 5.74) is -1.11. The maximum atomic E-state index is 12.0. The lowest BCUT2D eigenvalue weighted by molar-refractivity contribution is -0.394. The fourth-order valence-corrected chi connectivity index (χ4v) is 3.10. The monoisotopic (exact) mass is 478 g/mol. The number of ether oxygens (including phenoxy) is 2. The second-order valence-corrected chi connectivity index (χ2v) is 6.91. The molecule has 1 saturated heterocycles. The number of nitrogens with zero attached hydrogens (tertiary/aromatic N) is 2. The van der Waals surface area contributed by atoms with Crippen LogP contribution in [0.2, 0.25) is 5.02 Å². The number of carbonyl (C=O) groups is 2. The minimum absolute atomic E-state index is 0.0177. The van der Waals surface area contributed by atoms with Gasteiger partial charge in [0.1, 0.15) is 5.57 Å². The van der Waals surface area contributed by atoms with E-state index in [1.807, 2.05) is 0 Å². The van der Waals surface area contributed by atoms with Crippen LogP contribution in [-0.4, -0.2) is 33.9 Å². The van der Waals surface area contributed by atoms with Crippen molar-refractivity contribution in [1.29, 1.82) is 0 Å². The molecule has 2 aromatic carbocycles. The first-order valence-electron chi connectivity index (χ1n) is 8.47. The number of hydrogen-bond acceptors (Lipinski definition) is 9. The van der Waals surface area contributed by atoms with Crippen LogP contribution in [0.15, 0.2) is 35.9 Å². The zero-order valence-corrected chi connectivity index (χ0v) is 17.5. The van der Waals surface area contributed by atoms with Crippen molar-refractivity contribution in [1.82, 2.24) is 10.6 Å². The predicted molar refractivity (Wildman–Crippen MR) is 115 cm³/mol. The molecule has 164 valence electrons. The van der Waals surface area contributed by atoms with E-state index in [-0.39, 0.29) is 38.5 Å². The first-order valence-corrected chi connectivity index (χ1v) is 9.26. The quantitative estimate of drug-likeness (QED) is 0.209. The van der Waals surface area contributed by atoms with Crippen molar-refractivity contribution in [2.75, 3.05) is 7.11 Å². The average Bonchev–Trinajstić information content (AvgIpc) is 2.72. The van der Waals surface area contributed by atoms with E-state index >= 15 is 0 Å². The van der Waals surface area contributed by atoms with Crippen LogP contribution >= 0.6 is 23.8 Å². The summed E-state index contributed by atoms with van der Waals surface area (Å²) in [4.78, 5) is 44.6. The molecular weight excluding hydrogens is 468 g/mol. The van der Waals surface area contributed by atoms with Gasteiger partial charge in [0.2, 0.25) is 5.75 Å². The van der Waals surface area contributed by atoms with Gasteiger partial charge in [0.05, 0.1) is 28.0 Å². The SMILES string of the molecule is COc1cc(C=C2C(=O)NC(=S)NC2=O)cc(Cl)c1Oc1ccc([N+](=O)[O-])cc1[N+](=O)[O-]. The summed E-state index contributed by atoms with van der Waals surface area (Å²) in [6.45, 7) is 0. The minimum atomic E-state index is -0.841. The third kappa shape index (κ3) is 4.63. The molecule has 2 aromatic rings. The van der Waals surface area contributed by atoms with E-state index in [4.69, 9.17) is 33.3 Å². The molecule has 0 atom stereocenters. The largest absolute Gasteiger partial charge is 0.493 e.